The summed E-state index contributed by atoms with van der Waals surface area (Å²) in [6, 6.07) is 1.68. The zero-order valence-electron chi connectivity index (χ0n) is 17.4. The third-order valence-electron chi connectivity index (χ3n) is 5.28. The van der Waals surface area contributed by atoms with Crippen molar-refractivity contribution >= 4 is 25.6 Å². The summed E-state index contributed by atoms with van der Waals surface area (Å²) in [6.45, 7) is 9.16. The third-order valence-corrected chi connectivity index (χ3v) is 9.25. The van der Waals surface area contributed by atoms with E-state index in [0.29, 0.717) is 24.4 Å². The maximum Gasteiger partial charge on any atom is 0.211 e. The van der Waals surface area contributed by atoms with Gasteiger partial charge in [0.25, 0.3) is 0 Å². The van der Waals surface area contributed by atoms with Crippen LogP contribution in [-0.4, -0.2) is 61.9 Å². The van der Waals surface area contributed by atoms with Crippen LogP contribution in [0.3, 0.4) is 0 Å². The van der Waals surface area contributed by atoms with Crippen LogP contribution in [0.15, 0.2) is 10.6 Å². The Labute approximate surface area is 167 Å². The Morgan fingerprint density at radius 1 is 1.21 bits per heavy atom. The molecule has 0 aliphatic carbocycles. The highest BCUT2D eigenvalue weighted by Crippen LogP contribution is 2.28. The van der Waals surface area contributed by atoms with E-state index in [1.54, 1.807) is 6.07 Å². The van der Waals surface area contributed by atoms with Crippen molar-refractivity contribution in [2.45, 2.75) is 57.6 Å². The predicted molar refractivity (Wildman–Crippen MR) is 106 cm³/mol. The summed E-state index contributed by atoms with van der Waals surface area (Å²) >= 11 is 0. The van der Waals surface area contributed by atoms with Gasteiger partial charge in [0.1, 0.15) is 10.5 Å². The van der Waals surface area contributed by atoms with Gasteiger partial charge in [0.05, 0.1) is 24.1 Å². The van der Waals surface area contributed by atoms with E-state index in [1.807, 2.05) is 20.8 Å². The fourth-order valence-corrected chi connectivity index (χ4v) is 5.69. The quantitative estimate of drug-likeness (QED) is 0.639. The van der Waals surface area contributed by atoms with Gasteiger partial charge in [-0.1, -0.05) is 25.9 Å². The highest BCUT2D eigenvalue weighted by atomic mass is 32.2. The molecule has 0 bridgehead atoms. The minimum atomic E-state index is -3.79. The molecule has 1 saturated heterocycles. The predicted octanol–water partition coefficient (Wildman–Crippen LogP) is 1.56. The first-order valence-electron chi connectivity index (χ1n) is 9.21. The fourth-order valence-electron chi connectivity index (χ4n) is 3.05. The first-order chi connectivity index (χ1) is 12.5. The molecule has 10 heteroatoms. The number of rotatable bonds is 7. The van der Waals surface area contributed by atoms with E-state index in [1.165, 1.54) is 18.2 Å². The van der Waals surface area contributed by atoms with Gasteiger partial charge in [-0.05, 0) is 26.2 Å². The number of hydrogen-bond acceptors (Lipinski definition) is 7. The van der Waals surface area contributed by atoms with Gasteiger partial charge >= 0.3 is 0 Å². The number of sulfone groups is 1. The van der Waals surface area contributed by atoms with Crippen molar-refractivity contribution < 1.29 is 26.2 Å². The lowest BCUT2D eigenvalue weighted by Gasteiger charge is -2.25. The van der Waals surface area contributed by atoms with E-state index in [9.17, 15) is 21.6 Å². The minimum Gasteiger partial charge on any atom is -0.361 e. The zero-order valence-corrected chi connectivity index (χ0v) is 19.0. The zero-order chi connectivity index (χ0) is 21.5. The number of sulfonamides is 1. The highest BCUT2D eigenvalue weighted by Gasteiger charge is 2.44. The highest BCUT2D eigenvalue weighted by molar-refractivity contribution is 7.93. The van der Waals surface area contributed by atoms with Crippen LogP contribution in [0.2, 0.25) is 0 Å². The standard InChI is InChI=1S/C18H30N2O6S2/c1-17(2,3)15-9-14(26-19-15)10-16(21)18(4,5)28(24,25)12-13-7-8-20(11-13)27(6,22)23/h9,13H,7-8,10-12H2,1-6H3. The first kappa shape index (κ1) is 23.0. The number of nitrogens with zero attached hydrogens (tertiary/aromatic N) is 2. The maximum atomic E-state index is 12.9. The molecule has 0 saturated carbocycles. The van der Waals surface area contributed by atoms with E-state index in [-0.39, 0.29) is 30.1 Å². The first-order valence-corrected chi connectivity index (χ1v) is 12.7. The molecule has 0 radical (unpaired) electrons. The van der Waals surface area contributed by atoms with E-state index < -0.39 is 30.4 Å². The molecule has 1 aromatic rings. The van der Waals surface area contributed by atoms with Gasteiger partial charge in [-0.3, -0.25) is 4.79 Å². The van der Waals surface area contributed by atoms with Gasteiger partial charge in [0, 0.05) is 24.6 Å². The second kappa shape index (κ2) is 7.53. The SMILES string of the molecule is CC(C)(C)c1cc(CC(=O)C(C)(C)S(=O)(=O)CC2CCN(S(C)(=O)=O)C2)on1. The van der Waals surface area contributed by atoms with Crippen LogP contribution < -0.4 is 0 Å². The Bertz CT molecular complexity index is 939. The molecule has 1 unspecified atom stereocenters. The molecule has 160 valence electrons. The molecule has 0 aromatic carbocycles. The molecule has 2 rings (SSSR count). The second-order valence-electron chi connectivity index (χ2n) is 9.10. The lowest BCUT2D eigenvalue weighted by Crippen LogP contribution is -2.44. The minimum absolute atomic E-state index is 0.157. The van der Waals surface area contributed by atoms with Crippen molar-refractivity contribution in [2.75, 3.05) is 25.1 Å². The van der Waals surface area contributed by atoms with Crippen LogP contribution >= 0.6 is 0 Å². The van der Waals surface area contributed by atoms with Crippen molar-refractivity contribution in [3.05, 3.63) is 17.5 Å². The summed E-state index contributed by atoms with van der Waals surface area (Å²) in [7, 11) is -7.13. The van der Waals surface area contributed by atoms with E-state index in [2.05, 4.69) is 5.16 Å². The number of ketones is 1. The molecule has 1 atom stereocenters. The van der Waals surface area contributed by atoms with Crippen LogP contribution in [-0.2, 0) is 36.5 Å². The van der Waals surface area contributed by atoms with Crippen LogP contribution in [0.1, 0.15) is 52.5 Å². The molecule has 0 spiro atoms. The maximum absolute atomic E-state index is 12.9. The van der Waals surface area contributed by atoms with Crippen LogP contribution in [0.4, 0.5) is 0 Å². The summed E-state index contributed by atoms with van der Waals surface area (Å²) < 4.78 is 54.0. The molecule has 0 N–H and O–H groups in total. The normalized spacial score (nSPS) is 19.9. The van der Waals surface area contributed by atoms with Crippen molar-refractivity contribution in [1.82, 2.24) is 9.46 Å². The number of aromatic nitrogens is 1. The second-order valence-corrected chi connectivity index (χ2v) is 13.7. The Kier molecular flexibility index (Phi) is 6.19. The summed E-state index contributed by atoms with van der Waals surface area (Å²) in [5.41, 5.74) is 0.461. The molecule has 0 amide bonds. The number of carbonyl (C=O) groups excluding carboxylic acids is 1. The largest absolute Gasteiger partial charge is 0.361 e. The van der Waals surface area contributed by atoms with Crippen molar-refractivity contribution in [2.24, 2.45) is 5.92 Å². The third kappa shape index (κ3) is 5.01. The molecule has 28 heavy (non-hydrogen) atoms. The van der Waals surface area contributed by atoms with Gasteiger partial charge in [0.2, 0.25) is 10.0 Å². The van der Waals surface area contributed by atoms with Gasteiger partial charge < -0.3 is 4.52 Å². The summed E-state index contributed by atoms with van der Waals surface area (Å²) in [5.74, 6) is -0.671. The summed E-state index contributed by atoms with van der Waals surface area (Å²) in [4.78, 5) is 12.8. The Balaban J connectivity index is 2.09. The Morgan fingerprint density at radius 3 is 2.29 bits per heavy atom. The van der Waals surface area contributed by atoms with Crippen molar-refractivity contribution in [3.8, 4) is 0 Å². The average Bonchev–Trinajstić information content (AvgIpc) is 3.14. The van der Waals surface area contributed by atoms with E-state index >= 15 is 0 Å². The molecule has 1 fully saturated rings. The topological polar surface area (TPSA) is 115 Å². The number of hydrogen-bond donors (Lipinski definition) is 0. The van der Waals surface area contributed by atoms with Gasteiger partial charge in [-0.2, -0.15) is 0 Å². The fraction of sp³-hybridized carbons (Fsp3) is 0.778. The van der Waals surface area contributed by atoms with Crippen LogP contribution in [0.25, 0.3) is 0 Å². The molecular formula is C18H30N2O6S2. The lowest BCUT2D eigenvalue weighted by molar-refractivity contribution is -0.120. The van der Waals surface area contributed by atoms with Gasteiger partial charge in [-0.15, -0.1) is 0 Å². The molecule has 1 aliphatic rings. The van der Waals surface area contributed by atoms with Gasteiger partial charge in [-0.25, -0.2) is 21.1 Å². The number of Topliss-reactive ketones (excluding diaryl/α,β-unsaturated/α-hetero) is 1. The Hall–Kier alpha value is -1.26. The lowest BCUT2D eigenvalue weighted by atomic mass is 9.92. The monoisotopic (exact) mass is 434 g/mol. The van der Waals surface area contributed by atoms with E-state index in [0.717, 1.165) is 6.26 Å². The van der Waals surface area contributed by atoms with Gasteiger partial charge in [0.15, 0.2) is 15.6 Å². The molecule has 2 heterocycles. The van der Waals surface area contributed by atoms with Crippen molar-refractivity contribution in [3.63, 3.8) is 0 Å². The number of carbonyl (C=O) groups is 1. The van der Waals surface area contributed by atoms with Crippen molar-refractivity contribution in [1.29, 1.82) is 0 Å². The molecular weight excluding hydrogens is 404 g/mol. The van der Waals surface area contributed by atoms with Crippen LogP contribution in [0.5, 0.6) is 0 Å². The molecule has 1 aromatic heterocycles. The average molecular weight is 435 g/mol. The smallest absolute Gasteiger partial charge is 0.211 e. The van der Waals surface area contributed by atoms with Crippen LogP contribution in [0, 0.1) is 5.92 Å². The Morgan fingerprint density at radius 2 is 1.82 bits per heavy atom. The summed E-state index contributed by atoms with van der Waals surface area (Å²) in [6.07, 6.45) is 1.42. The summed E-state index contributed by atoms with van der Waals surface area (Å²) in [5, 5.41) is 3.96. The molecule has 1 aliphatic heterocycles. The van der Waals surface area contributed by atoms with E-state index in [4.69, 9.17) is 4.52 Å². The molecule has 8 nitrogen and oxygen atoms in total.